The van der Waals surface area contributed by atoms with E-state index in [2.05, 4.69) is 23.7 Å². The quantitative estimate of drug-likeness (QED) is 0.879. The number of H-pyrrole nitrogens is 1. The molecule has 1 aliphatic rings. The third-order valence-corrected chi connectivity index (χ3v) is 3.84. The molecule has 1 aliphatic heterocycles. The summed E-state index contributed by atoms with van der Waals surface area (Å²) in [5.41, 5.74) is 1.08. The van der Waals surface area contributed by atoms with Crippen LogP contribution in [0.25, 0.3) is 10.9 Å². The van der Waals surface area contributed by atoms with E-state index in [4.69, 9.17) is 21.7 Å². The van der Waals surface area contributed by atoms with Crippen LogP contribution < -0.4 is 4.74 Å². The molecular weight excluding hydrogens is 272 g/mol. The van der Waals surface area contributed by atoms with Gasteiger partial charge in [-0.25, -0.2) is 0 Å². The van der Waals surface area contributed by atoms with Gasteiger partial charge in [0.1, 0.15) is 12.4 Å². The largest absolute Gasteiger partial charge is 0.489 e. The zero-order chi connectivity index (χ0) is 14.1. The van der Waals surface area contributed by atoms with E-state index in [1.54, 1.807) is 0 Å². The number of hydrogen-bond acceptors (Lipinski definition) is 3. The van der Waals surface area contributed by atoms with E-state index in [0.717, 1.165) is 23.2 Å². The van der Waals surface area contributed by atoms with Crippen LogP contribution in [0.15, 0.2) is 30.5 Å². The molecule has 0 amide bonds. The van der Waals surface area contributed by atoms with E-state index in [9.17, 15) is 0 Å². The van der Waals surface area contributed by atoms with Gasteiger partial charge in [-0.3, -0.25) is 0 Å². The Bertz CT molecular complexity index is 623. The van der Waals surface area contributed by atoms with Gasteiger partial charge in [0, 0.05) is 23.1 Å². The molecule has 1 atom stereocenters. The summed E-state index contributed by atoms with van der Waals surface area (Å²) in [6.45, 7) is 5.52. The third kappa shape index (κ3) is 2.45. The van der Waals surface area contributed by atoms with Gasteiger partial charge < -0.3 is 19.4 Å². The highest BCUT2D eigenvalue weighted by Crippen LogP contribution is 2.25. The average Bonchev–Trinajstić information content (AvgIpc) is 3.02. The molecule has 0 aliphatic carbocycles. The Kier molecular flexibility index (Phi) is 3.53. The Balaban J connectivity index is 1.66. The van der Waals surface area contributed by atoms with Crippen LogP contribution in [-0.2, 0) is 4.74 Å². The molecule has 1 aromatic carbocycles. The van der Waals surface area contributed by atoms with E-state index < -0.39 is 0 Å². The molecule has 20 heavy (non-hydrogen) atoms. The van der Waals surface area contributed by atoms with Gasteiger partial charge in [-0.1, -0.05) is 6.07 Å². The molecule has 0 spiro atoms. The van der Waals surface area contributed by atoms with Crippen LogP contribution in [0.1, 0.15) is 13.8 Å². The lowest BCUT2D eigenvalue weighted by molar-refractivity contribution is 0.148. The smallest absolute Gasteiger partial charge is 0.260 e. The Morgan fingerprint density at radius 1 is 1.45 bits per heavy atom. The van der Waals surface area contributed by atoms with Crippen LogP contribution in [0.5, 0.6) is 5.75 Å². The molecule has 0 bridgehead atoms. The highest BCUT2D eigenvalue weighted by Gasteiger charge is 2.30. The van der Waals surface area contributed by atoms with Gasteiger partial charge in [0.2, 0.25) is 0 Å². The number of thiocarbonyl (C=S) groups is 1. The number of nitrogens with zero attached hydrogens (tertiary/aromatic N) is 1. The maximum Gasteiger partial charge on any atom is 0.260 e. The zero-order valence-electron chi connectivity index (χ0n) is 11.6. The molecule has 106 valence electrons. The molecule has 2 heterocycles. The zero-order valence-corrected chi connectivity index (χ0v) is 12.4. The SMILES string of the molecule is CC(C)N1CC(COc2cccc3[nH]ccc23)OC1=S. The van der Waals surface area contributed by atoms with Crippen LogP contribution in [0.3, 0.4) is 0 Å². The van der Waals surface area contributed by atoms with Crippen molar-refractivity contribution in [1.82, 2.24) is 9.88 Å². The Morgan fingerprint density at radius 3 is 3.05 bits per heavy atom. The Morgan fingerprint density at radius 2 is 2.30 bits per heavy atom. The maximum absolute atomic E-state index is 5.91. The summed E-state index contributed by atoms with van der Waals surface area (Å²) < 4.78 is 11.6. The average molecular weight is 290 g/mol. The summed E-state index contributed by atoms with van der Waals surface area (Å²) in [5, 5.41) is 1.67. The van der Waals surface area contributed by atoms with Crippen molar-refractivity contribution in [2.75, 3.05) is 13.2 Å². The number of nitrogens with one attached hydrogen (secondary N) is 1. The number of aromatic amines is 1. The highest BCUT2D eigenvalue weighted by atomic mass is 32.1. The molecule has 0 saturated carbocycles. The molecule has 5 heteroatoms. The van der Waals surface area contributed by atoms with Crippen molar-refractivity contribution < 1.29 is 9.47 Å². The number of fused-ring (bicyclic) bond motifs is 1. The van der Waals surface area contributed by atoms with Crippen molar-refractivity contribution >= 4 is 28.3 Å². The molecule has 1 saturated heterocycles. The number of rotatable bonds is 4. The normalized spacial score (nSPS) is 18.9. The Hall–Kier alpha value is -1.75. The fraction of sp³-hybridized carbons (Fsp3) is 0.400. The lowest BCUT2D eigenvalue weighted by atomic mass is 10.2. The van der Waals surface area contributed by atoms with Gasteiger partial charge in [0.25, 0.3) is 5.17 Å². The van der Waals surface area contributed by atoms with Crippen LogP contribution in [0, 0.1) is 0 Å². The monoisotopic (exact) mass is 290 g/mol. The van der Waals surface area contributed by atoms with Crippen LogP contribution in [0.4, 0.5) is 0 Å². The van der Waals surface area contributed by atoms with E-state index in [1.165, 1.54) is 0 Å². The number of ether oxygens (including phenoxy) is 2. The van der Waals surface area contributed by atoms with Gasteiger partial charge in [-0.05, 0) is 44.3 Å². The summed E-state index contributed by atoms with van der Waals surface area (Å²) in [5.74, 6) is 0.876. The highest BCUT2D eigenvalue weighted by molar-refractivity contribution is 7.80. The second-order valence-corrected chi connectivity index (χ2v) is 5.61. The van der Waals surface area contributed by atoms with Crippen molar-refractivity contribution in [2.24, 2.45) is 0 Å². The summed E-state index contributed by atoms with van der Waals surface area (Å²) in [6.07, 6.45) is 1.92. The molecule has 2 aromatic rings. The molecule has 0 radical (unpaired) electrons. The van der Waals surface area contributed by atoms with Crippen LogP contribution in [0.2, 0.25) is 0 Å². The first-order valence-electron chi connectivity index (χ1n) is 6.81. The van der Waals surface area contributed by atoms with Crippen LogP contribution in [-0.4, -0.2) is 40.4 Å². The maximum atomic E-state index is 5.91. The van der Waals surface area contributed by atoms with Gasteiger partial charge in [0.15, 0.2) is 6.10 Å². The first-order valence-corrected chi connectivity index (χ1v) is 7.22. The van der Waals surface area contributed by atoms with Gasteiger partial charge in [0.05, 0.1) is 6.54 Å². The fourth-order valence-electron chi connectivity index (χ4n) is 2.41. The molecule has 3 rings (SSSR count). The first-order chi connectivity index (χ1) is 9.65. The molecule has 1 aromatic heterocycles. The van der Waals surface area contributed by atoms with Crippen LogP contribution >= 0.6 is 12.2 Å². The second kappa shape index (κ2) is 5.32. The predicted molar refractivity (Wildman–Crippen MR) is 83.1 cm³/mol. The molecule has 4 nitrogen and oxygen atoms in total. The number of hydrogen-bond donors (Lipinski definition) is 1. The number of aromatic nitrogens is 1. The summed E-state index contributed by atoms with van der Waals surface area (Å²) >= 11 is 5.23. The molecule has 1 unspecified atom stereocenters. The van der Waals surface area contributed by atoms with Gasteiger partial charge >= 0.3 is 0 Å². The fourth-order valence-corrected chi connectivity index (χ4v) is 2.84. The van der Waals surface area contributed by atoms with E-state index >= 15 is 0 Å². The third-order valence-electron chi connectivity index (χ3n) is 3.51. The van der Waals surface area contributed by atoms with Crippen molar-refractivity contribution in [2.45, 2.75) is 26.0 Å². The molecule has 1 fully saturated rings. The van der Waals surface area contributed by atoms with Crippen molar-refractivity contribution in [1.29, 1.82) is 0 Å². The Labute approximate surface area is 123 Å². The first kappa shape index (κ1) is 13.2. The standard InChI is InChI=1S/C15H18N2O2S/c1-10(2)17-8-11(19-15(17)20)9-18-14-5-3-4-13-12(14)6-7-16-13/h3-7,10-11,16H,8-9H2,1-2H3. The predicted octanol–water partition coefficient (Wildman–Crippen LogP) is 2.94. The summed E-state index contributed by atoms with van der Waals surface area (Å²) in [4.78, 5) is 5.26. The van der Waals surface area contributed by atoms with E-state index in [1.807, 2.05) is 30.5 Å². The second-order valence-electron chi connectivity index (χ2n) is 5.26. The lowest BCUT2D eigenvalue weighted by Gasteiger charge is -2.19. The lowest BCUT2D eigenvalue weighted by Crippen LogP contribution is -2.32. The summed E-state index contributed by atoms with van der Waals surface area (Å²) in [6, 6.07) is 8.37. The number of benzene rings is 1. The summed E-state index contributed by atoms with van der Waals surface area (Å²) in [7, 11) is 0. The van der Waals surface area contributed by atoms with E-state index in [-0.39, 0.29) is 6.10 Å². The topological polar surface area (TPSA) is 37.5 Å². The minimum atomic E-state index is -0.000835. The minimum Gasteiger partial charge on any atom is -0.489 e. The van der Waals surface area contributed by atoms with Crippen molar-refractivity contribution in [3.8, 4) is 5.75 Å². The van der Waals surface area contributed by atoms with Crippen molar-refractivity contribution in [3.63, 3.8) is 0 Å². The van der Waals surface area contributed by atoms with Gasteiger partial charge in [-0.15, -0.1) is 0 Å². The minimum absolute atomic E-state index is 0.000835. The van der Waals surface area contributed by atoms with Crippen molar-refractivity contribution in [3.05, 3.63) is 30.5 Å². The van der Waals surface area contributed by atoms with Gasteiger partial charge in [-0.2, -0.15) is 0 Å². The van der Waals surface area contributed by atoms with E-state index in [0.29, 0.717) is 17.8 Å². The molecule has 1 N–H and O–H groups in total. The molecular formula is C15H18N2O2S.